The molecule has 0 aliphatic heterocycles. The van der Waals surface area contributed by atoms with Crippen molar-refractivity contribution in [3.8, 4) is 11.3 Å². The minimum atomic E-state index is -0.508. The minimum Gasteiger partial charge on any atom is -0.461 e. The van der Waals surface area contributed by atoms with Crippen molar-refractivity contribution < 1.29 is 14.0 Å². The number of amides is 2. The molecule has 0 unspecified atom stereocenters. The first-order chi connectivity index (χ1) is 11.5. The average Bonchev–Trinajstić information content (AvgIpc) is 2.98. The maximum absolute atomic E-state index is 12.4. The number of primary amides is 1. The summed E-state index contributed by atoms with van der Waals surface area (Å²) in [6.07, 6.45) is 0. The fraction of sp³-hybridized carbons (Fsp3) is 0.0526. The summed E-state index contributed by atoms with van der Waals surface area (Å²) in [7, 11) is 0. The Balaban J connectivity index is 1.80. The predicted octanol–water partition coefficient (Wildman–Crippen LogP) is 3.61. The summed E-state index contributed by atoms with van der Waals surface area (Å²) < 4.78 is 5.69. The van der Waals surface area contributed by atoms with Crippen LogP contribution in [0.1, 0.15) is 26.5 Å². The van der Waals surface area contributed by atoms with Crippen molar-refractivity contribution in [1.29, 1.82) is 0 Å². The predicted molar refractivity (Wildman–Crippen MR) is 91.8 cm³/mol. The van der Waals surface area contributed by atoms with E-state index in [4.69, 9.17) is 10.2 Å². The van der Waals surface area contributed by atoms with Gasteiger partial charge in [0.05, 0.1) is 5.56 Å². The summed E-state index contributed by atoms with van der Waals surface area (Å²) >= 11 is 0. The molecule has 24 heavy (non-hydrogen) atoms. The van der Waals surface area contributed by atoms with Crippen molar-refractivity contribution in [2.75, 3.05) is 5.32 Å². The number of hydrogen-bond donors (Lipinski definition) is 2. The third kappa shape index (κ3) is 3.20. The van der Waals surface area contributed by atoms with Crippen molar-refractivity contribution in [1.82, 2.24) is 0 Å². The van der Waals surface area contributed by atoms with E-state index in [1.54, 1.807) is 37.3 Å². The highest BCUT2D eigenvalue weighted by Gasteiger charge is 2.16. The number of rotatable bonds is 4. The zero-order valence-electron chi connectivity index (χ0n) is 13.1. The number of furan rings is 1. The second-order valence-electron chi connectivity index (χ2n) is 5.34. The van der Waals surface area contributed by atoms with Gasteiger partial charge in [0.1, 0.15) is 11.5 Å². The molecule has 0 aliphatic rings. The van der Waals surface area contributed by atoms with E-state index in [9.17, 15) is 9.59 Å². The molecule has 2 aromatic carbocycles. The SMILES string of the molecule is Cc1oc(-c2ccccc2)cc1C(=O)Nc1ccc(C(N)=O)cc1. The van der Waals surface area contributed by atoms with E-state index in [0.717, 1.165) is 5.56 Å². The molecule has 3 rings (SSSR count). The van der Waals surface area contributed by atoms with Gasteiger partial charge in [0.2, 0.25) is 5.91 Å². The first-order valence-corrected chi connectivity index (χ1v) is 7.41. The van der Waals surface area contributed by atoms with Crippen molar-refractivity contribution >= 4 is 17.5 Å². The van der Waals surface area contributed by atoms with Crippen LogP contribution in [0.25, 0.3) is 11.3 Å². The Kier molecular flexibility index (Phi) is 4.16. The van der Waals surface area contributed by atoms with Crippen LogP contribution < -0.4 is 11.1 Å². The van der Waals surface area contributed by atoms with E-state index in [1.165, 1.54) is 0 Å². The zero-order valence-corrected chi connectivity index (χ0v) is 13.1. The number of aryl methyl sites for hydroxylation is 1. The van der Waals surface area contributed by atoms with Gasteiger partial charge in [0, 0.05) is 16.8 Å². The van der Waals surface area contributed by atoms with Crippen LogP contribution in [0.4, 0.5) is 5.69 Å². The van der Waals surface area contributed by atoms with E-state index < -0.39 is 5.91 Å². The van der Waals surface area contributed by atoms with Gasteiger partial charge in [-0.1, -0.05) is 30.3 Å². The lowest BCUT2D eigenvalue weighted by Gasteiger charge is -2.04. The Labute approximate surface area is 139 Å². The summed E-state index contributed by atoms with van der Waals surface area (Å²) in [6.45, 7) is 1.75. The lowest BCUT2D eigenvalue weighted by molar-refractivity contribution is 0.0998. The number of benzene rings is 2. The molecular weight excluding hydrogens is 304 g/mol. The van der Waals surface area contributed by atoms with Crippen molar-refractivity contribution in [3.63, 3.8) is 0 Å². The first kappa shape index (κ1) is 15.6. The molecular formula is C19H16N2O3. The van der Waals surface area contributed by atoms with Crippen LogP contribution in [0.3, 0.4) is 0 Å². The quantitative estimate of drug-likeness (QED) is 0.770. The molecule has 120 valence electrons. The van der Waals surface area contributed by atoms with Gasteiger partial charge >= 0.3 is 0 Å². The fourth-order valence-corrected chi connectivity index (χ4v) is 2.37. The highest BCUT2D eigenvalue weighted by atomic mass is 16.3. The van der Waals surface area contributed by atoms with Gasteiger partial charge < -0.3 is 15.5 Å². The molecule has 0 fully saturated rings. The molecule has 0 bridgehead atoms. The molecule has 0 radical (unpaired) electrons. The number of hydrogen-bond acceptors (Lipinski definition) is 3. The van der Waals surface area contributed by atoms with Crippen LogP contribution >= 0.6 is 0 Å². The summed E-state index contributed by atoms with van der Waals surface area (Å²) in [5, 5.41) is 2.78. The second kappa shape index (κ2) is 6.42. The highest BCUT2D eigenvalue weighted by Crippen LogP contribution is 2.25. The molecule has 5 nitrogen and oxygen atoms in total. The molecule has 0 saturated carbocycles. The fourth-order valence-electron chi connectivity index (χ4n) is 2.37. The summed E-state index contributed by atoms with van der Waals surface area (Å²) in [4.78, 5) is 23.5. The van der Waals surface area contributed by atoms with E-state index in [1.807, 2.05) is 30.3 Å². The third-order valence-corrected chi connectivity index (χ3v) is 3.65. The molecule has 0 aliphatic carbocycles. The molecule has 1 aromatic heterocycles. The summed E-state index contributed by atoms with van der Waals surface area (Å²) in [5.74, 6) is 0.402. The molecule has 1 heterocycles. The Morgan fingerprint density at radius 3 is 2.29 bits per heavy atom. The third-order valence-electron chi connectivity index (χ3n) is 3.65. The van der Waals surface area contributed by atoms with Crippen molar-refractivity contribution in [2.24, 2.45) is 5.73 Å². The number of anilines is 1. The topological polar surface area (TPSA) is 85.3 Å². The second-order valence-corrected chi connectivity index (χ2v) is 5.34. The number of carbonyl (C=O) groups excluding carboxylic acids is 2. The molecule has 2 amide bonds. The van der Waals surface area contributed by atoms with Gasteiger partial charge in [-0.15, -0.1) is 0 Å². The Morgan fingerprint density at radius 1 is 1.00 bits per heavy atom. The molecule has 3 N–H and O–H groups in total. The Morgan fingerprint density at radius 2 is 1.67 bits per heavy atom. The van der Waals surface area contributed by atoms with Crippen LogP contribution in [-0.4, -0.2) is 11.8 Å². The molecule has 0 spiro atoms. The van der Waals surface area contributed by atoms with E-state index in [2.05, 4.69) is 5.32 Å². The largest absolute Gasteiger partial charge is 0.461 e. The highest BCUT2D eigenvalue weighted by molar-refractivity contribution is 6.05. The van der Waals surface area contributed by atoms with Gasteiger partial charge in [0.15, 0.2) is 0 Å². The maximum Gasteiger partial charge on any atom is 0.259 e. The number of carbonyl (C=O) groups is 2. The van der Waals surface area contributed by atoms with E-state index >= 15 is 0 Å². The lowest BCUT2D eigenvalue weighted by Crippen LogP contribution is -2.13. The molecule has 0 saturated heterocycles. The van der Waals surface area contributed by atoms with Gasteiger partial charge in [0.25, 0.3) is 5.91 Å². The van der Waals surface area contributed by atoms with E-state index in [0.29, 0.717) is 28.3 Å². The minimum absolute atomic E-state index is 0.273. The maximum atomic E-state index is 12.4. The van der Waals surface area contributed by atoms with Gasteiger partial charge in [-0.2, -0.15) is 0 Å². The summed E-state index contributed by atoms with van der Waals surface area (Å²) in [5.41, 5.74) is 7.53. The van der Waals surface area contributed by atoms with Crippen LogP contribution in [0.15, 0.2) is 65.1 Å². The zero-order chi connectivity index (χ0) is 17.1. The number of nitrogens with two attached hydrogens (primary N) is 1. The van der Waals surface area contributed by atoms with Crippen LogP contribution in [0.2, 0.25) is 0 Å². The standard InChI is InChI=1S/C19H16N2O3/c1-12-16(11-17(24-12)13-5-3-2-4-6-13)19(23)21-15-9-7-14(8-10-15)18(20)22/h2-11H,1H3,(H2,20,22)(H,21,23). The molecule has 5 heteroatoms. The van der Waals surface area contributed by atoms with Crippen LogP contribution in [0, 0.1) is 6.92 Å². The molecule has 3 aromatic rings. The van der Waals surface area contributed by atoms with Gasteiger partial charge in [-0.05, 0) is 37.3 Å². The Bertz CT molecular complexity index is 881. The lowest BCUT2D eigenvalue weighted by atomic mass is 10.1. The van der Waals surface area contributed by atoms with Crippen molar-refractivity contribution in [2.45, 2.75) is 6.92 Å². The monoisotopic (exact) mass is 320 g/mol. The molecule has 0 atom stereocenters. The summed E-state index contributed by atoms with van der Waals surface area (Å²) in [6, 6.07) is 17.7. The van der Waals surface area contributed by atoms with E-state index in [-0.39, 0.29) is 5.91 Å². The van der Waals surface area contributed by atoms with Crippen LogP contribution in [-0.2, 0) is 0 Å². The Hall–Kier alpha value is -3.34. The first-order valence-electron chi connectivity index (χ1n) is 7.41. The normalized spacial score (nSPS) is 10.4. The van der Waals surface area contributed by atoms with Crippen molar-refractivity contribution in [3.05, 3.63) is 77.6 Å². The average molecular weight is 320 g/mol. The smallest absolute Gasteiger partial charge is 0.259 e. The van der Waals surface area contributed by atoms with Gasteiger partial charge in [-0.3, -0.25) is 9.59 Å². The van der Waals surface area contributed by atoms with Crippen LogP contribution in [0.5, 0.6) is 0 Å². The number of nitrogens with one attached hydrogen (secondary N) is 1. The van der Waals surface area contributed by atoms with Gasteiger partial charge in [-0.25, -0.2) is 0 Å².